The van der Waals surface area contributed by atoms with Crippen molar-refractivity contribution in [2.24, 2.45) is 5.41 Å². The first-order chi connectivity index (χ1) is 13.2. The number of likely N-dealkylation sites (tertiary alicyclic amines) is 1. The molecule has 2 aromatic rings. The Kier molecular flexibility index (Phi) is 5.98. The Morgan fingerprint density at radius 2 is 2.21 bits per heavy atom. The van der Waals surface area contributed by atoms with E-state index in [1.165, 1.54) is 0 Å². The molecule has 1 saturated heterocycles. The zero-order valence-electron chi connectivity index (χ0n) is 17.1. The highest BCUT2D eigenvalue weighted by molar-refractivity contribution is 6.30. The van der Waals surface area contributed by atoms with Gasteiger partial charge in [0.05, 0.1) is 5.52 Å². The molecule has 1 fully saturated rings. The van der Waals surface area contributed by atoms with Crippen LogP contribution in [0.4, 0.5) is 10.6 Å². The van der Waals surface area contributed by atoms with Gasteiger partial charge in [-0.05, 0) is 57.6 Å². The van der Waals surface area contributed by atoms with E-state index in [2.05, 4.69) is 22.2 Å². The van der Waals surface area contributed by atoms with Crippen molar-refractivity contribution in [1.29, 1.82) is 0 Å². The van der Waals surface area contributed by atoms with Crippen LogP contribution in [-0.2, 0) is 4.74 Å². The number of carbonyl (C=O) groups excluding carboxylic acids is 1. The molecule has 1 unspecified atom stereocenters. The molecule has 2 aromatic heterocycles. The molecule has 0 bridgehead atoms. The monoisotopic (exact) mass is 404 g/mol. The molecule has 1 amide bonds. The van der Waals surface area contributed by atoms with Gasteiger partial charge >= 0.3 is 6.09 Å². The number of pyridine rings is 2. The van der Waals surface area contributed by atoms with Gasteiger partial charge in [0, 0.05) is 37.3 Å². The Hall–Kier alpha value is -2.08. The SMILES string of the molecule is CC1(CCNc2nc(Cl)cc3ncccc23)CCCN(C(=O)OC(C)(C)C)C1. The maximum absolute atomic E-state index is 12.4. The minimum atomic E-state index is -0.472. The Balaban J connectivity index is 1.62. The molecule has 0 saturated carbocycles. The minimum Gasteiger partial charge on any atom is -0.444 e. The van der Waals surface area contributed by atoms with Crippen molar-refractivity contribution in [2.75, 3.05) is 25.0 Å². The molecule has 7 heteroatoms. The van der Waals surface area contributed by atoms with E-state index in [0.717, 1.165) is 49.1 Å². The van der Waals surface area contributed by atoms with Crippen LogP contribution in [0.25, 0.3) is 10.9 Å². The lowest BCUT2D eigenvalue weighted by molar-refractivity contribution is 0.00596. The van der Waals surface area contributed by atoms with Gasteiger partial charge in [-0.25, -0.2) is 9.78 Å². The maximum atomic E-state index is 12.4. The Bertz CT molecular complexity index is 852. The zero-order chi connectivity index (χ0) is 20.4. The van der Waals surface area contributed by atoms with E-state index in [1.54, 1.807) is 12.3 Å². The van der Waals surface area contributed by atoms with Crippen molar-refractivity contribution < 1.29 is 9.53 Å². The topological polar surface area (TPSA) is 67.4 Å². The average molecular weight is 405 g/mol. The normalized spacial score (nSPS) is 20.2. The van der Waals surface area contributed by atoms with E-state index in [-0.39, 0.29) is 11.5 Å². The average Bonchev–Trinajstić information content (AvgIpc) is 2.60. The Morgan fingerprint density at radius 1 is 1.43 bits per heavy atom. The summed E-state index contributed by atoms with van der Waals surface area (Å²) in [6.07, 6.45) is 4.51. The number of nitrogens with zero attached hydrogens (tertiary/aromatic N) is 3. The largest absolute Gasteiger partial charge is 0.444 e. The smallest absolute Gasteiger partial charge is 0.410 e. The van der Waals surface area contributed by atoms with Gasteiger partial charge in [0.1, 0.15) is 16.6 Å². The van der Waals surface area contributed by atoms with Crippen molar-refractivity contribution in [3.63, 3.8) is 0 Å². The highest BCUT2D eigenvalue weighted by Gasteiger charge is 2.34. The molecule has 0 aliphatic carbocycles. The molecule has 3 rings (SSSR count). The number of carbonyl (C=O) groups is 1. The number of anilines is 1. The minimum absolute atomic E-state index is 0.0365. The molecule has 1 atom stereocenters. The lowest BCUT2D eigenvalue weighted by atomic mass is 9.79. The van der Waals surface area contributed by atoms with Gasteiger partial charge in [-0.3, -0.25) is 4.98 Å². The van der Waals surface area contributed by atoms with Crippen LogP contribution in [0, 0.1) is 5.41 Å². The second-order valence-electron chi connectivity index (χ2n) is 8.86. The molecular weight excluding hydrogens is 376 g/mol. The summed E-state index contributed by atoms with van der Waals surface area (Å²) in [4.78, 5) is 23.0. The summed E-state index contributed by atoms with van der Waals surface area (Å²) >= 11 is 6.14. The number of aromatic nitrogens is 2. The van der Waals surface area contributed by atoms with E-state index < -0.39 is 5.60 Å². The van der Waals surface area contributed by atoms with Gasteiger partial charge in [0.25, 0.3) is 0 Å². The third-order valence-corrected chi connectivity index (χ3v) is 5.22. The second-order valence-corrected chi connectivity index (χ2v) is 9.24. The molecule has 6 nitrogen and oxygen atoms in total. The van der Waals surface area contributed by atoms with Crippen molar-refractivity contribution >= 4 is 34.4 Å². The number of hydrogen-bond donors (Lipinski definition) is 1. The number of piperidine rings is 1. The molecule has 0 spiro atoms. The standard InChI is InChI=1S/C21H29ClN4O2/c1-20(2,3)28-19(27)26-12-6-8-21(4,14-26)9-11-24-18-15-7-5-10-23-16(15)13-17(22)25-18/h5,7,10,13H,6,8-9,11-12,14H2,1-4H3,(H,24,25). The number of rotatable bonds is 4. The third-order valence-electron chi connectivity index (χ3n) is 5.02. The molecule has 1 N–H and O–H groups in total. The van der Waals surface area contributed by atoms with Gasteiger partial charge in [-0.15, -0.1) is 0 Å². The quantitative estimate of drug-likeness (QED) is 0.716. The summed E-state index contributed by atoms with van der Waals surface area (Å²) in [7, 11) is 0. The van der Waals surface area contributed by atoms with Crippen LogP contribution in [0.3, 0.4) is 0 Å². The van der Waals surface area contributed by atoms with E-state index in [0.29, 0.717) is 11.7 Å². The lowest BCUT2D eigenvalue weighted by Crippen LogP contribution is -2.47. The van der Waals surface area contributed by atoms with Gasteiger partial charge in [0.2, 0.25) is 0 Å². The van der Waals surface area contributed by atoms with Crippen molar-refractivity contribution in [1.82, 2.24) is 14.9 Å². The number of hydrogen-bond acceptors (Lipinski definition) is 5. The summed E-state index contributed by atoms with van der Waals surface area (Å²) < 4.78 is 5.55. The lowest BCUT2D eigenvalue weighted by Gasteiger charge is -2.41. The predicted molar refractivity (Wildman–Crippen MR) is 113 cm³/mol. The molecule has 0 aromatic carbocycles. The molecule has 28 heavy (non-hydrogen) atoms. The van der Waals surface area contributed by atoms with Gasteiger partial charge < -0.3 is 15.0 Å². The number of fused-ring (bicyclic) bond motifs is 1. The van der Waals surface area contributed by atoms with E-state index in [1.807, 2.05) is 37.8 Å². The van der Waals surface area contributed by atoms with E-state index >= 15 is 0 Å². The van der Waals surface area contributed by atoms with Crippen LogP contribution >= 0.6 is 11.6 Å². The van der Waals surface area contributed by atoms with Crippen LogP contribution in [0.2, 0.25) is 5.15 Å². The van der Waals surface area contributed by atoms with Crippen LogP contribution in [-0.4, -0.2) is 46.2 Å². The number of nitrogens with one attached hydrogen (secondary N) is 1. The van der Waals surface area contributed by atoms with Crippen molar-refractivity contribution in [3.8, 4) is 0 Å². The van der Waals surface area contributed by atoms with Gasteiger partial charge in [0.15, 0.2) is 0 Å². The number of ether oxygens (including phenoxy) is 1. The first kappa shape index (κ1) is 20.6. The van der Waals surface area contributed by atoms with Crippen LogP contribution in [0.15, 0.2) is 24.4 Å². The fraction of sp³-hybridized carbons (Fsp3) is 0.571. The fourth-order valence-corrected chi connectivity index (χ4v) is 3.85. The highest BCUT2D eigenvalue weighted by Crippen LogP contribution is 2.34. The van der Waals surface area contributed by atoms with Crippen molar-refractivity contribution in [3.05, 3.63) is 29.5 Å². The number of halogens is 1. The van der Waals surface area contributed by atoms with Gasteiger partial charge in [-0.1, -0.05) is 18.5 Å². The first-order valence-corrected chi connectivity index (χ1v) is 10.2. The van der Waals surface area contributed by atoms with Crippen LogP contribution in [0.1, 0.15) is 47.0 Å². The molecule has 1 aliphatic rings. The highest BCUT2D eigenvalue weighted by atomic mass is 35.5. The van der Waals surface area contributed by atoms with Gasteiger partial charge in [-0.2, -0.15) is 0 Å². The second kappa shape index (κ2) is 8.11. The number of amides is 1. The molecular formula is C21H29ClN4O2. The molecule has 152 valence electrons. The third kappa shape index (κ3) is 5.25. The maximum Gasteiger partial charge on any atom is 0.410 e. The summed E-state index contributed by atoms with van der Waals surface area (Å²) in [5.74, 6) is 0.749. The zero-order valence-corrected chi connectivity index (χ0v) is 17.8. The fourth-order valence-electron chi connectivity index (χ4n) is 3.66. The summed E-state index contributed by atoms with van der Waals surface area (Å²) in [5, 5.41) is 4.79. The van der Waals surface area contributed by atoms with E-state index in [4.69, 9.17) is 16.3 Å². The molecule has 0 radical (unpaired) electrons. The molecule has 1 aliphatic heterocycles. The summed E-state index contributed by atoms with van der Waals surface area (Å²) in [6, 6.07) is 5.65. The summed E-state index contributed by atoms with van der Waals surface area (Å²) in [6.45, 7) is 10.1. The Morgan fingerprint density at radius 3 is 2.96 bits per heavy atom. The van der Waals surface area contributed by atoms with E-state index in [9.17, 15) is 4.79 Å². The summed E-state index contributed by atoms with van der Waals surface area (Å²) in [5.41, 5.74) is 0.388. The predicted octanol–water partition coefficient (Wildman–Crippen LogP) is 5.12. The Labute approximate surface area is 171 Å². The van der Waals surface area contributed by atoms with Crippen LogP contribution < -0.4 is 5.32 Å². The molecule has 3 heterocycles. The first-order valence-electron chi connectivity index (χ1n) is 9.78. The van der Waals surface area contributed by atoms with Crippen molar-refractivity contribution in [2.45, 2.75) is 52.6 Å². The van der Waals surface area contributed by atoms with Crippen LogP contribution in [0.5, 0.6) is 0 Å².